The second-order valence-electron chi connectivity index (χ2n) is 3.78. The van der Waals surface area contributed by atoms with Gasteiger partial charge in [0.1, 0.15) is 5.82 Å². The topological polar surface area (TPSA) is 68.0 Å². The van der Waals surface area contributed by atoms with Crippen molar-refractivity contribution in [2.75, 3.05) is 5.73 Å². The Morgan fingerprint density at radius 1 is 1.39 bits per heavy atom. The highest BCUT2D eigenvalue weighted by Gasteiger charge is 2.09. The predicted octanol–water partition coefficient (Wildman–Crippen LogP) is 1.73. The Kier molecular flexibility index (Phi) is 3.52. The first-order valence-electron chi connectivity index (χ1n) is 5.39. The summed E-state index contributed by atoms with van der Waals surface area (Å²) in [6.07, 6.45) is 3.32. The molecule has 0 aliphatic heterocycles. The van der Waals surface area contributed by atoms with Crippen molar-refractivity contribution in [3.63, 3.8) is 0 Å². The van der Waals surface area contributed by atoms with Gasteiger partial charge in [0.25, 0.3) is 5.91 Å². The summed E-state index contributed by atoms with van der Waals surface area (Å²) < 4.78 is 12.8. The fraction of sp³-hybridized carbons (Fsp3) is 0.0769. The van der Waals surface area contributed by atoms with E-state index in [0.29, 0.717) is 6.54 Å². The van der Waals surface area contributed by atoms with E-state index in [1.54, 1.807) is 18.5 Å². The highest BCUT2D eigenvalue weighted by molar-refractivity contribution is 5.99. The number of rotatable bonds is 3. The number of nitrogen functional groups attached to an aromatic ring is 1. The molecule has 3 N–H and O–H groups in total. The molecule has 1 aromatic heterocycles. The van der Waals surface area contributed by atoms with Gasteiger partial charge in [0, 0.05) is 24.6 Å². The van der Waals surface area contributed by atoms with Gasteiger partial charge in [0.05, 0.1) is 5.56 Å². The Morgan fingerprint density at radius 2 is 2.22 bits per heavy atom. The second-order valence-corrected chi connectivity index (χ2v) is 3.78. The molecule has 0 unspecified atom stereocenters. The van der Waals surface area contributed by atoms with Crippen LogP contribution < -0.4 is 11.1 Å². The summed E-state index contributed by atoms with van der Waals surface area (Å²) in [7, 11) is 0. The van der Waals surface area contributed by atoms with Crippen LogP contribution in [-0.4, -0.2) is 10.9 Å². The van der Waals surface area contributed by atoms with Crippen molar-refractivity contribution in [1.82, 2.24) is 10.3 Å². The van der Waals surface area contributed by atoms with Crippen molar-refractivity contribution in [3.8, 4) is 0 Å². The summed E-state index contributed by atoms with van der Waals surface area (Å²) in [6, 6.07) is 7.33. The molecule has 2 rings (SSSR count). The monoisotopic (exact) mass is 245 g/mol. The molecule has 0 radical (unpaired) electrons. The summed E-state index contributed by atoms with van der Waals surface area (Å²) in [6.45, 7) is 0.351. The largest absolute Gasteiger partial charge is 0.398 e. The number of halogens is 1. The zero-order valence-electron chi connectivity index (χ0n) is 9.56. The van der Waals surface area contributed by atoms with Crippen LogP contribution in [0, 0.1) is 5.82 Å². The van der Waals surface area contributed by atoms with Crippen LogP contribution in [0.4, 0.5) is 10.1 Å². The van der Waals surface area contributed by atoms with Gasteiger partial charge in [-0.2, -0.15) is 0 Å². The minimum atomic E-state index is -0.462. The fourth-order valence-corrected chi connectivity index (χ4v) is 1.52. The van der Waals surface area contributed by atoms with E-state index >= 15 is 0 Å². The Bertz CT molecular complexity index is 557. The SMILES string of the molecule is Nc1cc(F)ccc1C(=O)NCc1cccnc1. The number of amides is 1. The van der Waals surface area contributed by atoms with Crippen LogP contribution in [0.1, 0.15) is 15.9 Å². The van der Waals surface area contributed by atoms with Crippen LogP contribution in [0.25, 0.3) is 0 Å². The number of carbonyl (C=O) groups is 1. The number of nitrogens with zero attached hydrogens (tertiary/aromatic N) is 1. The maximum absolute atomic E-state index is 12.8. The van der Waals surface area contributed by atoms with Crippen LogP contribution >= 0.6 is 0 Å². The molecular weight excluding hydrogens is 233 g/mol. The van der Waals surface area contributed by atoms with Crippen molar-refractivity contribution < 1.29 is 9.18 Å². The normalized spacial score (nSPS) is 10.1. The van der Waals surface area contributed by atoms with Crippen molar-refractivity contribution >= 4 is 11.6 Å². The van der Waals surface area contributed by atoms with E-state index in [2.05, 4.69) is 10.3 Å². The summed E-state index contributed by atoms with van der Waals surface area (Å²) in [5.41, 5.74) is 6.85. The molecule has 18 heavy (non-hydrogen) atoms. The van der Waals surface area contributed by atoms with Crippen molar-refractivity contribution in [3.05, 3.63) is 59.7 Å². The summed E-state index contributed by atoms with van der Waals surface area (Å²) in [5, 5.41) is 2.69. The molecule has 0 atom stereocenters. The molecule has 1 aromatic carbocycles. The van der Waals surface area contributed by atoms with E-state index in [-0.39, 0.29) is 17.2 Å². The van der Waals surface area contributed by atoms with Crippen LogP contribution in [-0.2, 0) is 6.54 Å². The van der Waals surface area contributed by atoms with Gasteiger partial charge in [-0.1, -0.05) is 6.07 Å². The standard InChI is InChI=1S/C13H12FN3O/c14-10-3-4-11(12(15)6-10)13(18)17-8-9-2-1-5-16-7-9/h1-7H,8,15H2,(H,17,18). The van der Waals surface area contributed by atoms with E-state index in [0.717, 1.165) is 11.6 Å². The number of pyridine rings is 1. The predicted molar refractivity (Wildman–Crippen MR) is 66.2 cm³/mol. The van der Waals surface area contributed by atoms with Crippen LogP contribution in [0.15, 0.2) is 42.7 Å². The molecule has 0 aliphatic carbocycles. The highest BCUT2D eigenvalue weighted by atomic mass is 19.1. The lowest BCUT2D eigenvalue weighted by Gasteiger charge is -2.07. The van der Waals surface area contributed by atoms with Crippen molar-refractivity contribution in [1.29, 1.82) is 0 Å². The van der Waals surface area contributed by atoms with Crippen LogP contribution in [0.3, 0.4) is 0 Å². The maximum atomic E-state index is 12.8. The number of hydrogen-bond acceptors (Lipinski definition) is 3. The average Bonchev–Trinajstić information content (AvgIpc) is 2.37. The number of benzene rings is 1. The van der Waals surface area contributed by atoms with Crippen LogP contribution in [0.5, 0.6) is 0 Å². The van der Waals surface area contributed by atoms with Gasteiger partial charge in [-0.3, -0.25) is 9.78 Å². The molecule has 0 saturated carbocycles. The molecule has 0 bridgehead atoms. The summed E-state index contributed by atoms with van der Waals surface area (Å²) in [5.74, 6) is -0.798. The Balaban J connectivity index is 2.04. The van der Waals surface area contributed by atoms with Gasteiger partial charge >= 0.3 is 0 Å². The van der Waals surface area contributed by atoms with Crippen molar-refractivity contribution in [2.45, 2.75) is 6.54 Å². The average molecular weight is 245 g/mol. The molecule has 0 fully saturated rings. The van der Waals surface area contributed by atoms with Gasteiger partial charge in [0.15, 0.2) is 0 Å². The van der Waals surface area contributed by atoms with E-state index < -0.39 is 5.82 Å². The molecule has 92 valence electrons. The smallest absolute Gasteiger partial charge is 0.253 e. The zero-order valence-corrected chi connectivity index (χ0v) is 9.56. The van der Waals surface area contributed by atoms with Gasteiger partial charge < -0.3 is 11.1 Å². The minimum Gasteiger partial charge on any atom is -0.398 e. The fourth-order valence-electron chi connectivity index (χ4n) is 1.52. The number of carbonyl (C=O) groups excluding carboxylic acids is 1. The van der Waals surface area contributed by atoms with E-state index in [1.165, 1.54) is 12.1 Å². The lowest BCUT2D eigenvalue weighted by molar-refractivity contribution is 0.0951. The first kappa shape index (κ1) is 12.0. The van der Waals surface area contributed by atoms with Gasteiger partial charge in [-0.05, 0) is 29.8 Å². The second kappa shape index (κ2) is 5.27. The third-order valence-corrected chi connectivity index (χ3v) is 2.43. The maximum Gasteiger partial charge on any atom is 0.253 e. The Labute approximate surface area is 104 Å². The molecule has 0 saturated heterocycles. The molecule has 0 aliphatic rings. The zero-order chi connectivity index (χ0) is 13.0. The van der Waals surface area contributed by atoms with E-state index in [4.69, 9.17) is 5.73 Å². The lowest BCUT2D eigenvalue weighted by atomic mass is 10.1. The first-order chi connectivity index (χ1) is 8.66. The third-order valence-electron chi connectivity index (χ3n) is 2.43. The number of nitrogens with two attached hydrogens (primary N) is 1. The molecule has 2 aromatic rings. The first-order valence-corrected chi connectivity index (χ1v) is 5.39. The molecule has 1 heterocycles. The Hall–Kier alpha value is -2.43. The van der Waals surface area contributed by atoms with Gasteiger partial charge in [-0.25, -0.2) is 4.39 Å². The number of aromatic nitrogens is 1. The van der Waals surface area contributed by atoms with Crippen LogP contribution in [0.2, 0.25) is 0 Å². The summed E-state index contributed by atoms with van der Waals surface area (Å²) in [4.78, 5) is 15.8. The van der Waals surface area contributed by atoms with Gasteiger partial charge in [0.2, 0.25) is 0 Å². The molecule has 1 amide bonds. The molecular formula is C13H12FN3O. The third kappa shape index (κ3) is 2.82. The molecule has 4 nitrogen and oxygen atoms in total. The highest BCUT2D eigenvalue weighted by Crippen LogP contribution is 2.13. The number of nitrogens with one attached hydrogen (secondary N) is 1. The lowest BCUT2D eigenvalue weighted by Crippen LogP contribution is -2.23. The Morgan fingerprint density at radius 3 is 2.89 bits per heavy atom. The quantitative estimate of drug-likeness (QED) is 0.809. The van der Waals surface area contributed by atoms with Gasteiger partial charge in [-0.15, -0.1) is 0 Å². The van der Waals surface area contributed by atoms with Crippen molar-refractivity contribution in [2.24, 2.45) is 0 Å². The molecule has 0 spiro atoms. The molecule has 5 heteroatoms. The number of hydrogen-bond donors (Lipinski definition) is 2. The minimum absolute atomic E-state index is 0.124. The van der Waals surface area contributed by atoms with E-state index in [1.807, 2.05) is 6.07 Å². The van der Waals surface area contributed by atoms with E-state index in [9.17, 15) is 9.18 Å². The summed E-state index contributed by atoms with van der Waals surface area (Å²) >= 11 is 0. The number of anilines is 1.